The van der Waals surface area contributed by atoms with Crippen molar-refractivity contribution in [2.45, 2.75) is 6.92 Å². The standard InChI is InChI=1S/C14H21N3O8S2/c1-11(18)15-14-10-12(4-5-13(14)16-19)17(6-8-24-26(2,20)21)7-9-25-27(3,22)23/h4-5,10H,6-9H2,1-3H3,(H,15,18). The molecule has 0 spiro atoms. The van der Waals surface area contributed by atoms with Crippen LogP contribution in [0.4, 0.5) is 17.1 Å². The summed E-state index contributed by atoms with van der Waals surface area (Å²) in [6.07, 6.45) is 1.81. The van der Waals surface area contributed by atoms with Gasteiger partial charge in [-0.25, -0.2) is 0 Å². The molecule has 0 aromatic heterocycles. The van der Waals surface area contributed by atoms with Gasteiger partial charge in [0, 0.05) is 25.7 Å². The number of benzene rings is 1. The average molecular weight is 423 g/mol. The second-order valence-corrected chi connectivity index (χ2v) is 8.80. The SMILES string of the molecule is CC(=O)Nc1cc(N(CCOS(C)(=O)=O)CCOS(C)(=O)=O)ccc1N=O. The van der Waals surface area contributed by atoms with E-state index in [1.54, 1.807) is 4.90 Å². The van der Waals surface area contributed by atoms with Crippen molar-refractivity contribution in [2.24, 2.45) is 5.18 Å². The number of carbonyl (C=O) groups is 1. The molecule has 13 heteroatoms. The van der Waals surface area contributed by atoms with Gasteiger partial charge in [0.2, 0.25) is 5.91 Å². The summed E-state index contributed by atoms with van der Waals surface area (Å²) in [5.41, 5.74) is 0.641. The Bertz CT molecular complexity index is 846. The highest BCUT2D eigenvalue weighted by atomic mass is 32.2. The molecule has 0 radical (unpaired) electrons. The van der Waals surface area contributed by atoms with Crippen LogP contribution < -0.4 is 10.2 Å². The van der Waals surface area contributed by atoms with Gasteiger partial charge in [-0.1, -0.05) is 0 Å². The molecule has 0 aliphatic heterocycles. The second kappa shape index (κ2) is 9.73. The number of hydrogen-bond donors (Lipinski definition) is 1. The Morgan fingerprint density at radius 3 is 2.00 bits per heavy atom. The summed E-state index contributed by atoms with van der Waals surface area (Å²) in [6, 6.07) is 4.34. The van der Waals surface area contributed by atoms with Gasteiger partial charge in [-0.05, 0) is 23.4 Å². The molecule has 0 saturated carbocycles. The van der Waals surface area contributed by atoms with Gasteiger partial charge in [-0.15, -0.1) is 4.91 Å². The van der Waals surface area contributed by atoms with Crippen molar-refractivity contribution in [1.82, 2.24) is 0 Å². The number of carbonyl (C=O) groups excluding carboxylic acids is 1. The fourth-order valence-corrected chi connectivity index (χ4v) is 2.81. The number of rotatable bonds is 11. The van der Waals surface area contributed by atoms with Gasteiger partial charge < -0.3 is 10.2 Å². The van der Waals surface area contributed by atoms with Crippen molar-refractivity contribution in [3.05, 3.63) is 23.1 Å². The van der Waals surface area contributed by atoms with Crippen molar-refractivity contribution in [3.8, 4) is 0 Å². The number of anilines is 2. The summed E-state index contributed by atoms with van der Waals surface area (Å²) >= 11 is 0. The summed E-state index contributed by atoms with van der Waals surface area (Å²) < 4.78 is 53.9. The van der Waals surface area contributed by atoms with E-state index in [1.165, 1.54) is 25.1 Å². The van der Waals surface area contributed by atoms with Crippen LogP contribution in [0.25, 0.3) is 0 Å². The largest absolute Gasteiger partial charge is 0.367 e. The Hall–Kier alpha value is -2.09. The zero-order chi connectivity index (χ0) is 20.7. The average Bonchev–Trinajstić information content (AvgIpc) is 2.50. The van der Waals surface area contributed by atoms with Crippen molar-refractivity contribution in [1.29, 1.82) is 0 Å². The van der Waals surface area contributed by atoms with Crippen LogP contribution in [-0.4, -0.2) is 61.6 Å². The Kier molecular flexibility index (Phi) is 8.27. The number of hydrogen-bond acceptors (Lipinski definition) is 10. The van der Waals surface area contributed by atoms with E-state index in [0.717, 1.165) is 12.5 Å². The number of nitrogens with zero attached hydrogens (tertiary/aromatic N) is 2. The highest BCUT2D eigenvalue weighted by molar-refractivity contribution is 7.86. The minimum atomic E-state index is -3.65. The minimum absolute atomic E-state index is 0.00803. The summed E-state index contributed by atoms with van der Waals surface area (Å²) in [6.45, 7) is 1.03. The monoisotopic (exact) mass is 423 g/mol. The normalized spacial score (nSPS) is 11.8. The van der Waals surface area contributed by atoms with Gasteiger partial charge in [0.25, 0.3) is 20.2 Å². The summed E-state index contributed by atoms with van der Waals surface area (Å²) in [4.78, 5) is 23.7. The second-order valence-electron chi connectivity index (χ2n) is 5.51. The van der Waals surface area contributed by atoms with E-state index in [4.69, 9.17) is 8.37 Å². The molecular formula is C14H21N3O8S2. The third-order valence-electron chi connectivity index (χ3n) is 3.07. The van der Waals surface area contributed by atoms with E-state index in [9.17, 15) is 26.5 Å². The van der Waals surface area contributed by atoms with Crippen LogP contribution in [0.15, 0.2) is 23.4 Å². The van der Waals surface area contributed by atoms with Crippen LogP contribution >= 0.6 is 0 Å². The molecule has 1 aromatic rings. The maximum Gasteiger partial charge on any atom is 0.264 e. The quantitative estimate of drug-likeness (QED) is 0.403. The molecule has 1 N–H and O–H groups in total. The van der Waals surface area contributed by atoms with Crippen molar-refractivity contribution in [2.75, 3.05) is 49.0 Å². The molecule has 152 valence electrons. The van der Waals surface area contributed by atoms with E-state index in [-0.39, 0.29) is 37.7 Å². The molecular weight excluding hydrogens is 402 g/mol. The number of amides is 1. The molecule has 1 rings (SSSR count). The van der Waals surface area contributed by atoms with Crippen LogP contribution in [0.2, 0.25) is 0 Å². The van der Waals surface area contributed by atoms with E-state index in [2.05, 4.69) is 10.5 Å². The molecule has 0 bridgehead atoms. The highest BCUT2D eigenvalue weighted by Crippen LogP contribution is 2.30. The first-order valence-electron chi connectivity index (χ1n) is 7.60. The summed E-state index contributed by atoms with van der Waals surface area (Å²) in [5.74, 6) is -0.413. The molecule has 11 nitrogen and oxygen atoms in total. The molecule has 27 heavy (non-hydrogen) atoms. The Morgan fingerprint density at radius 1 is 1.07 bits per heavy atom. The first kappa shape index (κ1) is 23.0. The van der Waals surface area contributed by atoms with Crippen molar-refractivity contribution >= 4 is 43.2 Å². The topological polar surface area (TPSA) is 149 Å². The minimum Gasteiger partial charge on any atom is -0.367 e. The van der Waals surface area contributed by atoms with Crippen molar-refractivity contribution < 1.29 is 30.0 Å². The first-order valence-corrected chi connectivity index (χ1v) is 11.2. The third kappa shape index (κ3) is 9.42. The van der Waals surface area contributed by atoms with E-state index in [0.29, 0.717) is 5.69 Å². The number of nitroso groups, excluding NO2 is 1. The Morgan fingerprint density at radius 2 is 1.59 bits per heavy atom. The molecule has 0 saturated heterocycles. The van der Waals surface area contributed by atoms with Gasteiger partial charge in [0.05, 0.1) is 31.4 Å². The Balaban J connectivity index is 3.04. The van der Waals surface area contributed by atoms with Gasteiger partial charge in [-0.3, -0.25) is 13.2 Å². The van der Waals surface area contributed by atoms with Gasteiger partial charge in [0.1, 0.15) is 5.69 Å². The lowest BCUT2D eigenvalue weighted by Gasteiger charge is -2.25. The van der Waals surface area contributed by atoms with Gasteiger partial charge >= 0.3 is 0 Å². The highest BCUT2D eigenvalue weighted by Gasteiger charge is 2.14. The Labute approximate surface area is 157 Å². The maximum atomic E-state index is 11.3. The molecule has 1 amide bonds. The van der Waals surface area contributed by atoms with E-state index in [1.807, 2.05) is 0 Å². The molecule has 0 fully saturated rings. The molecule has 0 heterocycles. The lowest BCUT2D eigenvalue weighted by atomic mass is 10.2. The van der Waals surface area contributed by atoms with Crippen LogP contribution in [-0.2, 0) is 33.4 Å². The molecule has 0 aliphatic rings. The van der Waals surface area contributed by atoms with Crippen LogP contribution in [0, 0.1) is 4.91 Å². The lowest BCUT2D eigenvalue weighted by Crippen LogP contribution is -2.32. The predicted molar refractivity (Wildman–Crippen MR) is 100 cm³/mol. The van der Waals surface area contributed by atoms with E-state index >= 15 is 0 Å². The maximum absolute atomic E-state index is 11.3. The zero-order valence-corrected chi connectivity index (χ0v) is 16.7. The third-order valence-corrected chi connectivity index (χ3v) is 4.26. The fourth-order valence-electron chi connectivity index (χ4n) is 2.06. The van der Waals surface area contributed by atoms with Crippen LogP contribution in [0.3, 0.4) is 0 Å². The smallest absolute Gasteiger partial charge is 0.264 e. The van der Waals surface area contributed by atoms with E-state index < -0.39 is 26.1 Å². The lowest BCUT2D eigenvalue weighted by molar-refractivity contribution is -0.114. The molecule has 0 aliphatic carbocycles. The van der Waals surface area contributed by atoms with Crippen molar-refractivity contribution in [3.63, 3.8) is 0 Å². The zero-order valence-electron chi connectivity index (χ0n) is 15.0. The van der Waals surface area contributed by atoms with Crippen LogP contribution in [0.5, 0.6) is 0 Å². The molecule has 0 unspecified atom stereocenters. The van der Waals surface area contributed by atoms with Crippen LogP contribution in [0.1, 0.15) is 6.92 Å². The fraction of sp³-hybridized carbons (Fsp3) is 0.500. The van der Waals surface area contributed by atoms with Gasteiger partial charge in [-0.2, -0.15) is 16.8 Å². The number of nitrogens with one attached hydrogen (secondary N) is 1. The van der Waals surface area contributed by atoms with Gasteiger partial charge in [0.15, 0.2) is 0 Å². The summed E-state index contributed by atoms with van der Waals surface area (Å²) in [5, 5.41) is 5.29. The predicted octanol–water partition coefficient (Wildman–Crippen LogP) is 0.802. The molecule has 0 atom stereocenters. The summed E-state index contributed by atoms with van der Waals surface area (Å²) in [7, 11) is -7.30. The molecule has 1 aromatic carbocycles. The first-order chi connectivity index (χ1) is 12.4.